The van der Waals surface area contributed by atoms with Gasteiger partial charge in [-0.05, 0) is 28.1 Å². The van der Waals surface area contributed by atoms with E-state index in [9.17, 15) is 9.59 Å². The molecule has 2 aromatic heterocycles. The molecule has 0 unspecified atom stereocenters. The molecule has 0 aliphatic carbocycles. The van der Waals surface area contributed by atoms with Crippen molar-refractivity contribution in [3.63, 3.8) is 0 Å². The molecule has 2 heterocycles. The lowest BCUT2D eigenvalue weighted by Gasteiger charge is -2.07. The molecule has 0 aromatic carbocycles. The maximum absolute atomic E-state index is 12.0. The van der Waals surface area contributed by atoms with Crippen LogP contribution in [0.4, 0.5) is 0 Å². The normalized spacial score (nSPS) is 10.4. The highest BCUT2D eigenvalue weighted by Gasteiger charge is 2.14. The van der Waals surface area contributed by atoms with Crippen molar-refractivity contribution in [2.75, 3.05) is 0 Å². The summed E-state index contributed by atoms with van der Waals surface area (Å²) in [6.45, 7) is -0.566. The quantitative estimate of drug-likeness (QED) is 0.855. The zero-order valence-corrected chi connectivity index (χ0v) is 11.0. The van der Waals surface area contributed by atoms with Gasteiger partial charge in [-0.2, -0.15) is 9.78 Å². The average molecular weight is 326 g/mol. The molecule has 0 radical (unpaired) electrons. The Kier molecular flexibility index (Phi) is 3.72. The summed E-state index contributed by atoms with van der Waals surface area (Å²) in [5.41, 5.74) is -0.666. The lowest BCUT2D eigenvalue weighted by atomic mass is 10.2. The van der Waals surface area contributed by atoms with Crippen LogP contribution in [0.25, 0.3) is 5.69 Å². The highest BCUT2D eigenvalue weighted by atomic mass is 79.9. The number of aliphatic hydroxyl groups excluding tert-OH is 1. The fourth-order valence-corrected chi connectivity index (χ4v) is 1.81. The average Bonchev–Trinajstić information content (AvgIpc) is 2.38. The Morgan fingerprint density at radius 2 is 2.11 bits per heavy atom. The Balaban J connectivity index is 2.72. The number of rotatable bonds is 3. The van der Waals surface area contributed by atoms with Gasteiger partial charge in [0.15, 0.2) is 5.69 Å². The summed E-state index contributed by atoms with van der Waals surface area (Å²) in [7, 11) is 0. The van der Waals surface area contributed by atoms with Gasteiger partial charge in [-0.3, -0.25) is 9.78 Å². The van der Waals surface area contributed by atoms with Crippen molar-refractivity contribution in [1.29, 1.82) is 0 Å². The van der Waals surface area contributed by atoms with E-state index in [0.29, 0.717) is 10.2 Å². The van der Waals surface area contributed by atoms with E-state index in [4.69, 9.17) is 10.2 Å². The molecule has 8 heteroatoms. The molecule has 0 saturated carbocycles. The third-order valence-electron chi connectivity index (χ3n) is 2.31. The molecule has 2 N–H and O–H groups in total. The standard InChI is InChI=1S/C11H8BrN3O4/c12-7-2-8(4-13-3-7)15-10(17)6(5-16)1-9(14-15)11(18)19/h1-4,16H,5H2,(H,18,19). The molecular weight excluding hydrogens is 318 g/mol. The van der Waals surface area contributed by atoms with Crippen LogP contribution < -0.4 is 5.56 Å². The van der Waals surface area contributed by atoms with Crippen molar-refractivity contribution in [3.05, 3.63) is 50.6 Å². The number of hydrogen-bond acceptors (Lipinski definition) is 5. The number of hydrogen-bond donors (Lipinski definition) is 2. The monoisotopic (exact) mass is 325 g/mol. The van der Waals surface area contributed by atoms with Crippen LogP contribution in [0.3, 0.4) is 0 Å². The second-order valence-corrected chi connectivity index (χ2v) is 4.51. The molecule has 0 amide bonds. The van der Waals surface area contributed by atoms with E-state index in [1.807, 2.05) is 0 Å². The number of carboxylic acids is 1. The first-order valence-electron chi connectivity index (χ1n) is 5.11. The van der Waals surface area contributed by atoms with E-state index in [1.165, 1.54) is 12.4 Å². The third-order valence-corrected chi connectivity index (χ3v) is 2.74. The van der Waals surface area contributed by atoms with Crippen LogP contribution in [0.2, 0.25) is 0 Å². The van der Waals surface area contributed by atoms with Gasteiger partial charge in [-0.1, -0.05) is 0 Å². The third kappa shape index (κ3) is 2.69. The molecule has 0 atom stereocenters. The second-order valence-electron chi connectivity index (χ2n) is 3.60. The summed E-state index contributed by atoms with van der Waals surface area (Å²) in [6, 6.07) is 2.61. The predicted octanol–water partition coefficient (Wildman–Crippen LogP) is 0.580. The van der Waals surface area contributed by atoms with Crippen molar-refractivity contribution in [2.24, 2.45) is 0 Å². The summed E-state index contributed by atoms with van der Waals surface area (Å²) in [5, 5.41) is 21.8. The lowest BCUT2D eigenvalue weighted by molar-refractivity contribution is 0.0688. The lowest BCUT2D eigenvalue weighted by Crippen LogP contribution is -2.27. The number of aliphatic hydroxyl groups is 1. The highest BCUT2D eigenvalue weighted by Crippen LogP contribution is 2.12. The van der Waals surface area contributed by atoms with Gasteiger partial charge in [0, 0.05) is 16.2 Å². The fourth-order valence-electron chi connectivity index (χ4n) is 1.45. The van der Waals surface area contributed by atoms with Crippen LogP contribution in [0.5, 0.6) is 0 Å². The number of aromatic carboxylic acids is 1. The van der Waals surface area contributed by atoms with E-state index in [0.717, 1.165) is 10.7 Å². The SMILES string of the molecule is O=C(O)c1cc(CO)c(=O)n(-c2cncc(Br)c2)n1. The number of pyridine rings is 1. The molecule has 0 aliphatic heterocycles. The van der Waals surface area contributed by atoms with Crippen LogP contribution in [-0.4, -0.2) is 30.9 Å². The number of carbonyl (C=O) groups is 1. The number of halogens is 1. The van der Waals surface area contributed by atoms with E-state index in [1.54, 1.807) is 6.07 Å². The van der Waals surface area contributed by atoms with Crippen molar-refractivity contribution in [2.45, 2.75) is 6.61 Å². The molecule has 7 nitrogen and oxygen atoms in total. The maximum Gasteiger partial charge on any atom is 0.356 e. The Bertz CT molecular complexity index is 699. The van der Waals surface area contributed by atoms with Gasteiger partial charge in [-0.15, -0.1) is 0 Å². The largest absolute Gasteiger partial charge is 0.476 e. The minimum Gasteiger partial charge on any atom is -0.476 e. The summed E-state index contributed by atoms with van der Waals surface area (Å²) in [5.74, 6) is -1.29. The summed E-state index contributed by atoms with van der Waals surface area (Å²) < 4.78 is 1.51. The van der Waals surface area contributed by atoms with Crippen LogP contribution in [-0.2, 0) is 6.61 Å². The van der Waals surface area contributed by atoms with E-state index in [-0.39, 0.29) is 11.3 Å². The van der Waals surface area contributed by atoms with Gasteiger partial charge >= 0.3 is 5.97 Å². The number of aromatic nitrogens is 3. The topological polar surface area (TPSA) is 105 Å². The molecule has 0 saturated heterocycles. The van der Waals surface area contributed by atoms with Crippen LogP contribution >= 0.6 is 15.9 Å². The highest BCUT2D eigenvalue weighted by molar-refractivity contribution is 9.10. The predicted molar refractivity (Wildman–Crippen MR) is 68.2 cm³/mol. The van der Waals surface area contributed by atoms with E-state index < -0.39 is 18.1 Å². The van der Waals surface area contributed by atoms with Crippen LogP contribution in [0, 0.1) is 0 Å². The first kappa shape index (κ1) is 13.4. The fraction of sp³-hybridized carbons (Fsp3) is 0.0909. The minimum atomic E-state index is -1.29. The Morgan fingerprint density at radius 1 is 1.37 bits per heavy atom. The minimum absolute atomic E-state index is 0.0487. The van der Waals surface area contributed by atoms with Crippen LogP contribution in [0.15, 0.2) is 33.8 Å². The smallest absolute Gasteiger partial charge is 0.356 e. The molecule has 2 aromatic rings. The molecule has 0 fully saturated rings. The van der Waals surface area contributed by atoms with Crippen molar-refractivity contribution in [1.82, 2.24) is 14.8 Å². The molecule has 98 valence electrons. The maximum atomic E-state index is 12.0. The second kappa shape index (κ2) is 5.29. The summed E-state index contributed by atoms with van der Waals surface area (Å²) >= 11 is 3.20. The van der Waals surface area contributed by atoms with Gasteiger partial charge in [0.05, 0.1) is 18.5 Å². The zero-order valence-electron chi connectivity index (χ0n) is 9.45. The molecule has 0 aliphatic rings. The molecule has 0 bridgehead atoms. The number of nitrogens with zero attached hydrogens (tertiary/aromatic N) is 3. The zero-order chi connectivity index (χ0) is 14.0. The van der Waals surface area contributed by atoms with Gasteiger partial charge < -0.3 is 10.2 Å². The van der Waals surface area contributed by atoms with Gasteiger partial charge in [0.1, 0.15) is 0 Å². The molecule has 0 spiro atoms. The molecule has 19 heavy (non-hydrogen) atoms. The Labute approximate surface area is 115 Å². The van der Waals surface area contributed by atoms with Crippen molar-refractivity contribution >= 4 is 21.9 Å². The Morgan fingerprint density at radius 3 is 2.68 bits per heavy atom. The van der Waals surface area contributed by atoms with Gasteiger partial charge in [0.25, 0.3) is 5.56 Å². The number of carboxylic acid groups (broad SMARTS) is 1. The Hall–Kier alpha value is -2.06. The first-order chi connectivity index (χ1) is 9.02. The first-order valence-corrected chi connectivity index (χ1v) is 5.90. The summed E-state index contributed by atoms with van der Waals surface area (Å²) in [4.78, 5) is 26.8. The van der Waals surface area contributed by atoms with Crippen LogP contribution in [0.1, 0.15) is 16.1 Å². The molecular formula is C11H8BrN3O4. The van der Waals surface area contributed by atoms with Crippen molar-refractivity contribution in [3.8, 4) is 5.69 Å². The van der Waals surface area contributed by atoms with E-state index in [2.05, 4.69) is 26.0 Å². The van der Waals surface area contributed by atoms with E-state index >= 15 is 0 Å². The van der Waals surface area contributed by atoms with Crippen molar-refractivity contribution < 1.29 is 15.0 Å². The molecule has 2 rings (SSSR count). The van der Waals surface area contributed by atoms with Gasteiger partial charge in [-0.25, -0.2) is 4.79 Å². The summed E-state index contributed by atoms with van der Waals surface area (Å²) in [6.07, 6.45) is 2.88. The van der Waals surface area contributed by atoms with Gasteiger partial charge in [0.2, 0.25) is 0 Å².